The van der Waals surface area contributed by atoms with Crippen LogP contribution in [-0.2, 0) is 4.79 Å². The lowest BCUT2D eigenvalue weighted by Crippen LogP contribution is -2.48. The van der Waals surface area contributed by atoms with Crippen LogP contribution >= 0.6 is 11.5 Å². The van der Waals surface area contributed by atoms with Crippen LogP contribution in [0.2, 0.25) is 0 Å². The van der Waals surface area contributed by atoms with Crippen molar-refractivity contribution in [3.05, 3.63) is 5.82 Å². The van der Waals surface area contributed by atoms with Crippen LogP contribution in [0.3, 0.4) is 0 Å². The van der Waals surface area contributed by atoms with Crippen molar-refractivity contribution < 1.29 is 14.7 Å². The van der Waals surface area contributed by atoms with Crippen LogP contribution in [0.1, 0.15) is 25.1 Å². The molecule has 0 radical (unpaired) electrons. The van der Waals surface area contributed by atoms with Gasteiger partial charge in [-0.3, -0.25) is 10.1 Å². The van der Waals surface area contributed by atoms with E-state index in [9.17, 15) is 9.59 Å². The van der Waals surface area contributed by atoms with E-state index in [1.54, 1.807) is 6.92 Å². The summed E-state index contributed by atoms with van der Waals surface area (Å²) in [5, 5.41) is 14.6. The second kappa shape index (κ2) is 4.89. The quantitative estimate of drug-likeness (QED) is 0.763. The zero-order chi connectivity index (χ0) is 13.2. The molecule has 1 aromatic rings. The highest BCUT2D eigenvalue weighted by Crippen LogP contribution is 2.40. The van der Waals surface area contributed by atoms with Gasteiger partial charge in [0.2, 0.25) is 5.13 Å². The number of nitrogens with zero attached hydrogens (tertiary/aromatic N) is 2. The number of aliphatic carboxylic acids is 1. The van der Waals surface area contributed by atoms with Crippen LogP contribution in [0, 0.1) is 12.3 Å². The summed E-state index contributed by atoms with van der Waals surface area (Å²) in [5.41, 5.74) is -0.783. The summed E-state index contributed by atoms with van der Waals surface area (Å²) in [5.74, 6) is -0.253. The van der Waals surface area contributed by atoms with Gasteiger partial charge in [-0.05, 0) is 19.8 Å². The first-order valence-corrected chi connectivity index (χ1v) is 6.38. The smallest absolute Gasteiger partial charge is 0.321 e. The van der Waals surface area contributed by atoms with Crippen LogP contribution in [-0.4, -0.2) is 33.0 Å². The number of rotatable bonds is 4. The Morgan fingerprint density at radius 1 is 1.50 bits per heavy atom. The molecule has 3 N–H and O–H groups in total. The summed E-state index contributed by atoms with van der Waals surface area (Å²) in [6, 6.07) is -0.446. The molecule has 98 valence electrons. The summed E-state index contributed by atoms with van der Waals surface area (Å²) >= 11 is 1.09. The number of hydrogen-bond donors (Lipinski definition) is 3. The number of urea groups is 1. The minimum Gasteiger partial charge on any atom is -0.481 e. The van der Waals surface area contributed by atoms with E-state index in [2.05, 4.69) is 20.0 Å². The fraction of sp³-hybridized carbons (Fsp3) is 0.600. The Hall–Kier alpha value is -1.70. The van der Waals surface area contributed by atoms with Crippen molar-refractivity contribution >= 4 is 28.7 Å². The number of carboxylic acid groups (broad SMARTS) is 1. The predicted octanol–water partition coefficient (Wildman–Crippen LogP) is 1.22. The van der Waals surface area contributed by atoms with Crippen LogP contribution in [0.5, 0.6) is 0 Å². The second-order valence-corrected chi connectivity index (χ2v) is 5.15. The van der Waals surface area contributed by atoms with E-state index >= 15 is 0 Å². The minimum absolute atomic E-state index is 0.145. The van der Waals surface area contributed by atoms with Gasteiger partial charge in [0.15, 0.2) is 0 Å². The molecule has 1 fully saturated rings. The number of carbonyl (C=O) groups excluding carboxylic acids is 1. The summed E-state index contributed by atoms with van der Waals surface area (Å²) in [4.78, 5) is 26.6. The highest BCUT2D eigenvalue weighted by atomic mass is 32.1. The average molecular weight is 270 g/mol. The summed E-state index contributed by atoms with van der Waals surface area (Å²) in [6.07, 6.45) is 2.12. The van der Waals surface area contributed by atoms with Crippen molar-refractivity contribution in [2.45, 2.75) is 26.2 Å². The third kappa shape index (κ3) is 2.58. The molecular formula is C10H14N4O3S. The number of aromatic nitrogens is 2. The molecule has 8 heteroatoms. The molecule has 18 heavy (non-hydrogen) atoms. The number of carbonyl (C=O) groups is 2. The first-order chi connectivity index (χ1) is 8.52. The first-order valence-electron chi connectivity index (χ1n) is 5.60. The summed E-state index contributed by atoms with van der Waals surface area (Å²) in [6.45, 7) is 1.87. The van der Waals surface area contributed by atoms with Gasteiger partial charge in [0.05, 0.1) is 5.41 Å². The lowest BCUT2D eigenvalue weighted by molar-refractivity contribution is -0.153. The zero-order valence-corrected chi connectivity index (χ0v) is 10.7. The highest BCUT2D eigenvalue weighted by molar-refractivity contribution is 7.09. The Kier molecular flexibility index (Phi) is 3.46. The Labute approximate surface area is 108 Å². The molecule has 1 saturated carbocycles. The van der Waals surface area contributed by atoms with Gasteiger partial charge in [0.25, 0.3) is 0 Å². The van der Waals surface area contributed by atoms with E-state index in [1.807, 2.05) is 0 Å². The van der Waals surface area contributed by atoms with Crippen molar-refractivity contribution in [3.8, 4) is 0 Å². The number of carboxylic acids is 1. The molecule has 0 bridgehead atoms. The number of anilines is 1. The number of hydrogen-bond acceptors (Lipinski definition) is 5. The normalized spacial score (nSPS) is 16.7. The van der Waals surface area contributed by atoms with Crippen LogP contribution in [0.25, 0.3) is 0 Å². The molecule has 1 heterocycles. The lowest BCUT2D eigenvalue weighted by atomic mass is 9.69. The number of amides is 2. The van der Waals surface area contributed by atoms with Crippen LogP contribution < -0.4 is 10.6 Å². The minimum atomic E-state index is -0.846. The van der Waals surface area contributed by atoms with Gasteiger partial charge in [0.1, 0.15) is 5.82 Å². The van der Waals surface area contributed by atoms with Gasteiger partial charge in [-0.25, -0.2) is 9.78 Å². The fourth-order valence-corrected chi connectivity index (χ4v) is 2.38. The van der Waals surface area contributed by atoms with E-state index in [-0.39, 0.29) is 6.54 Å². The van der Waals surface area contributed by atoms with E-state index in [0.717, 1.165) is 18.0 Å². The van der Waals surface area contributed by atoms with E-state index in [4.69, 9.17) is 5.11 Å². The van der Waals surface area contributed by atoms with E-state index in [0.29, 0.717) is 23.8 Å². The van der Waals surface area contributed by atoms with Crippen molar-refractivity contribution in [3.63, 3.8) is 0 Å². The van der Waals surface area contributed by atoms with E-state index in [1.165, 1.54) is 0 Å². The molecule has 0 aliphatic heterocycles. The third-order valence-corrected chi connectivity index (χ3v) is 3.82. The summed E-state index contributed by atoms with van der Waals surface area (Å²) in [7, 11) is 0. The molecule has 0 unspecified atom stereocenters. The van der Waals surface area contributed by atoms with Crippen LogP contribution in [0.4, 0.5) is 9.93 Å². The second-order valence-electron chi connectivity index (χ2n) is 4.39. The molecule has 7 nitrogen and oxygen atoms in total. The molecule has 0 atom stereocenters. The monoisotopic (exact) mass is 270 g/mol. The van der Waals surface area contributed by atoms with Crippen molar-refractivity contribution in [2.75, 3.05) is 11.9 Å². The summed E-state index contributed by atoms with van der Waals surface area (Å²) < 4.78 is 3.93. The fourth-order valence-electron chi connectivity index (χ4n) is 1.81. The van der Waals surface area contributed by atoms with Gasteiger partial charge in [-0.15, -0.1) is 0 Å². The van der Waals surface area contributed by atoms with Crippen molar-refractivity contribution in [2.24, 2.45) is 5.41 Å². The Morgan fingerprint density at radius 3 is 2.67 bits per heavy atom. The van der Waals surface area contributed by atoms with Gasteiger partial charge in [-0.1, -0.05) is 6.42 Å². The van der Waals surface area contributed by atoms with Gasteiger partial charge >= 0.3 is 12.0 Å². The van der Waals surface area contributed by atoms with E-state index < -0.39 is 17.4 Å². The standard InChI is InChI=1S/C10H14N4O3S/c1-6-12-9(18-14-6)13-8(17)11-5-10(7(15)16)3-2-4-10/h2-5H2,1H3,(H,15,16)(H2,11,12,13,14,17). The van der Waals surface area contributed by atoms with Crippen LogP contribution in [0.15, 0.2) is 0 Å². The molecule has 2 rings (SSSR count). The maximum Gasteiger partial charge on any atom is 0.321 e. The molecule has 1 aliphatic carbocycles. The van der Waals surface area contributed by atoms with Gasteiger partial charge in [-0.2, -0.15) is 4.37 Å². The SMILES string of the molecule is Cc1nsc(NC(=O)NCC2(C(=O)O)CCC2)n1. The lowest BCUT2D eigenvalue weighted by Gasteiger charge is -2.37. The Bertz CT molecular complexity index is 469. The highest BCUT2D eigenvalue weighted by Gasteiger charge is 2.44. The molecule has 0 aromatic carbocycles. The predicted molar refractivity (Wildman–Crippen MR) is 65.6 cm³/mol. The largest absolute Gasteiger partial charge is 0.481 e. The molecule has 0 saturated heterocycles. The average Bonchev–Trinajstić information content (AvgIpc) is 2.61. The Balaban J connectivity index is 1.83. The molecule has 0 spiro atoms. The van der Waals surface area contributed by atoms with Gasteiger partial charge in [0, 0.05) is 18.1 Å². The maximum atomic E-state index is 11.6. The Morgan fingerprint density at radius 2 is 2.22 bits per heavy atom. The topological polar surface area (TPSA) is 104 Å². The maximum absolute atomic E-state index is 11.6. The van der Waals surface area contributed by atoms with Crippen molar-refractivity contribution in [1.82, 2.24) is 14.7 Å². The zero-order valence-electron chi connectivity index (χ0n) is 9.89. The molecule has 2 amide bonds. The number of nitrogens with one attached hydrogen (secondary N) is 2. The van der Waals surface area contributed by atoms with Crippen molar-refractivity contribution in [1.29, 1.82) is 0 Å². The molecular weight excluding hydrogens is 256 g/mol. The number of aryl methyl sites for hydroxylation is 1. The molecule has 1 aliphatic rings. The first kappa shape index (κ1) is 12.7. The molecule has 1 aromatic heterocycles. The van der Waals surface area contributed by atoms with Gasteiger partial charge < -0.3 is 10.4 Å². The third-order valence-electron chi connectivity index (χ3n) is 3.10.